The summed E-state index contributed by atoms with van der Waals surface area (Å²) in [7, 11) is 0. The summed E-state index contributed by atoms with van der Waals surface area (Å²) in [5.41, 5.74) is 7.78. The standard InChI is InChI=1S/C22H25N5O6/c1-22(2)32-16-14(28)15-12(8-29-21(31-15)11-6-4-3-5-7-11)30-20(17(16)33-22)27-10-26-13-18(23)24-9-25-19(13)27/h3-7,9-10,12,14-17,20-21,28H,8H2,1-2H3,(H2,23,24,25)/t12-,14-,15-,16-,17-,20?,21?/m1/s1. The molecule has 0 radical (unpaired) electrons. The number of fused-ring (bicyclic) bond motifs is 3. The first-order valence-corrected chi connectivity index (χ1v) is 10.9. The molecule has 174 valence electrons. The molecule has 6 rings (SSSR count). The number of anilines is 1. The third-order valence-electron chi connectivity index (χ3n) is 6.22. The van der Waals surface area contributed by atoms with Gasteiger partial charge >= 0.3 is 0 Å². The molecule has 0 saturated carbocycles. The van der Waals surface area contributed by atoms with E-state index in [-0.39, 0.29) is 12.4 Å². The maximum atomic E-state index is 11.4. The van der Waals surface area contributed by atoms with E-state index in [1.54, 1.807) is 24.7 Å². The molecule has 3 fully saturated rings. The molecule has 33 heavy (non-hydrogen) atoms. The zero-order valence-corrected chi connectivity index (χ0v) is 18.1. The molecule has 3 saturated heterocycles. The molecule has 0 amide bonds. The molecule has 1 aromatic carbocycles. The molecule has 5 heterocycles. The minimum absolute atomic E-state index is 0.213. The molecule has 7 atom stereocenters. The van der Waals surface area contributed by atoms with Gasteiger partial charge in [0.05, 0.1) is 12.9 Å². The van der Waals surface area contributed by atoms with E-state index in [9.17, 15) is 5.11 Å². The van der Waals surface area contributed by atoms with Crippen LogP contribution in [0.4, 0.5) is 5.82 Å². The molecule has 3 N–H and O–H groups in total. The van der Waals surface area contributed by atoms with Gasteiger partial charge in [-0.25, -0.2) is 15.0 Å². The van der Waals surface area contributed by atoms with Crippen LogP contribution in [0.15, 0.2) is 43.0 Å². The van der Waals surface area contributed by atoms with E-state index in [4.69, 9.17) is 29.4 Å². The van der Waals surface area contributed by atoms with Crippen LogP contribution in [0.25, 0.3) is 11.2 Å². The van der Waals surface area contributed by atoms with Gasteiger partial charge in [-0.1, -0.05) is 30.3 Å². The van der Waals surface area contributed by atoms with Crippen molar-refractivity contribution in [2.45, 2.75) is 62.7 Å². The van der Waals surface area contributed by atoms with Crippen molar-refractivity contribution in [2.24, 2.45) is 0 Å². The van der Waals surface area contributed by atoms with Crippen LogP contribution in [-0.2, 0) is 23.7 Å². The Bertz CT molecular complexity index is 1160. The topological polar surface area (TPSA) is 136 Å². The van der Waals surface area contributed by atoms with Crippen LogP contribution in [0.1, 0.15) is 31.9 Å². The van der Waals surface area contributed by atoms with Gasteiger partial charge in [0.1, 0.15) is 42.4 Å². The van der Waals surface area contributed by atoms with Crippen molar-refractivity contribution < 1.29 is 28.8 Å². The SMILES string of the molecule is CC1(C)O[C@@H]2[C@H](O)[C@@H]3OC(c4ccccc4)OC[C@H]3OC(n3cnc4c(N)ncnc43)[C@@H]2O1. The van der Waals surface area contributed by atoms with Crippen molar-refractivity contribution >= 4 is 17.0 Å². The fourth-order valence-electron chi connectivity index (χ4n) is 4.77. The Morgan fingerprint density at radius 3 is 2.64 bits per heavy atom. The van der Waals surface area contributed by atoms with Gasteiger partial charge in [0.2, 0.25) is 0 Å². The van der Waals surface area contributed by atoms with E-state index in [1.807, 2.05) is 30.3 Å². The van der Waals surface area contributed by atoms with Crippen molar-refractivity contribution in [3.05, 3.63) is 48.5 Å². The normalized spacial score (nSPS) is 35.7. The first kappa shape index (κ1) is 20.9. The number of imidazole rings is 1. The van der Waals surface area contributed by atoms with Gasteiger partial charge in [-0.2, -0.15) is 0 Å². The van der Waals surface area contributed by atoms with E-state index in [1.165, 1.54) is 6.33 Å². The van der Waals surface area contributed by atoms with Gasteiger partial charge in [0.25, 0.3) is 0 Å². The van der Waals surface area contributed by atoms with E-state index >= 15 is 0 Å². The quantitative estimate of drug-likeness (QED) is 0.582. The number of aliphatic hydroxyl groups is 1. The molecule has 3 aliphatic rings. The predicted molar refractivity (Wildman–Crippen MR) is 113 cm³/mol. The second kappa shape index (κ2) is 7.69. The third kappa shape index (κ3) is 3.48. The lowest BCUT2D eigenvalue weighted by Gasteiger charge is -2.38. The Hall–Kier alpha value is -2.67. The number of rotatable bonds is 2. The molecule has 0 aliphatic carbocycles. The number of nitrogens with two attached hydrogens (primary N) is 1. The van der Waals surface area contributed by atoms with Crippen LogP contribution >= 0.6 is 0 Å². The maximum Gasteiger partial charge on any atom is 0.184 e. The number of hydrogen-bond donors (Lipinski definition) is 2. The Labute approximate surface area is 189 Å². The van der Waals surface area contributed by atoms with Crippen LogP contribution in [-0.4, -0.2) is 67.5 Å². The maximum absolute atomic E-state index is 11.4. The number of ether oxygens (including phenoxy) is 5. The molecule has 11 nitrogen and oxygen atoms in total. The first-order chi connectivity index (χ1) is 15.9. The lowest BCUT2D eigenvalue weighted by atomic mass is 9.99. The lowest BCUT2D eigenvalue weighted by Crippen LogP contribution is -2.51. The minimum atomic E-state index is -1.02. The second-order valence-corrected chi connectivity index (χ2v) is 8.88. The van der Waals surface area contributed by atoms with Crippen LogP contribution < -0.4 is 5.73 Å². The predicted octanol–water partition coefficient (Wildman–Crippen LogP) is 1.30. The largest absolute Gasteiger partial charge is 0.387 e. The summed E-state index contributed by atoms with van der Waals surface area (Å²) in [6.07, 6.45) is -2.07. The van der Waals surface area contributed by atoms with E-state index in [0.717, 1.165) is 5.56 Å². The summed E-state index contributed by atoms with van der Waals surface area (Å²) in [4.78, 5) is 12.7. The second-order valence-electron chi connectivity index (χ2n) is 8.88. The zero-order chi connectivity index (χ0) is 22.7. The molecule has 2 unspecified atom stereocenters. The molecule has 0 spiro atoms. The number of benzene rings is 1. The number of nitrogens with zero attached hydrogens (tertiary/aromatic N) is 4. The number of aliphatic hydroxyl groups excluding tert-OH is 1. The molecule has 3 aromatic rings. The van der Waals surface area contributed by atoms with Crippen LogP contribution in [0, 0.1) is 0 Å². The highest BCUT2D eigenvalue weighted by molar-refractivity contribution is 5.81. The van der Waals surface area contributed by atoms with E-state index in [0.29, 0.717) is 11.2 Å². The average molecular weight is 455 g/mol. The Morgan fingerprint density at radius 1 is 1.03 bits per heavy atom. The Balaban J connectivity index is 1.38. The van der Waals surface area contributed by atoms with Gasteiger partial charge in [-0.05, 0) is 13.8 Å². The summed E-state index contributed by atoms with van der Waals surface area (Å²) in [5.74, 6) is -0.667. The summed E-state index contributed by atoms with van der Waals surface area (Å²) in [6.45, 7) is 3.81. The molecular weight excluding hydrogens is 430 g/mol. The van der Waals surface area contributed by atoms with Gasteiger partial charge in [0, 0.05) is 5.56 Å². The summed E-state index contributed by atoms with van der Waals surface area (Å²) < 4.78 is 32.7. The van der Waals surface area contributed by atoms with Crippen molar-refractivity contribution in [2.75, 3.05) is 12.3 Å². The highest BCUT2D eigenvalue weighted by atomic mass is 16.8. The molecule has 3 aliphatic heterocycles. The summed E-state index contributed by atoms with van der Waals surface area (Å²) in [6, 6.07) is 9.58. The fourth-order valence-corrected chi connectivity index (χ4v) is 4.77. The molecule has 0 bridgehead atoms. The molecule has 11 heteroatoms. The number of nitrogen functional groups attached to an aromatic ring is 1. The van der Waals surface area contributed by atoms with Crippen molar-refractivity contribution in [3.63, 3.8) is 0 Å². The number of aromatic nitrogens is 4. The van der Waals surface area contributed by atoms with Gasteiger partial charge < -0.3 is 34.5 Å². The molecule has 2 aromatic heterocycles. The lowest BCUT2D eigenvalue weighted by molar-refractivity contribution is -0.299. The third-order valence-corrected chi connectivity index (χ3v) is 6.22. The van der Waals surface area contributed by atoms with Gasteiger partial charge in [-0.3, -0.25) is 4.57 Å². The highest BCUT2D eigenvalue weighted by Gasteiger charge is 2.57. The monoisotopic (exact) mass is 455 g/mol. The van der Waals surface area contributed by atoms with Crippen LogP contribution in [0.3, 0.4) is 0 Å². The van der Waals surface area contributed by atoms with Gasteiger partial charge in [0.15, 0.2) is 29.8 Å². The molecular formula is C22H25N5O6. The number of hydrogen-bond acceptors (Lipinski definition) is 10. The zero-order valence-electron chi connectivity index (χ0n) is 18.1. The van der Waals surface area contributed by atoms with Crippen molar-refractivity contribution in [3.8, 4) is 0 Å². The fraction of sp³-hybridized carbons (Fsp3) is 0.500. The Kier molecular flexibility index (Phi) is 4.87. The van der Waals surface area contributed by atoms with Crippen LogP contribution in [0.2, 0.25) is 0 Å². The minimum Gasteiger partial charge on any atom is -0.387 e. The van der Waals surface area contributed by atoms with Gasteiger partial charge in [-0.15, -0.1) is 0 Å². The summed E-state index contributed by atoms with van der Waals surface area (Å²) >= 11 is 0. The Morgan fingerprint density at radius 2 is 1.82 bits per heavy atom. The highest BCUT2D eigenvalue weighted by Crippen LogP contribution is 2.44. The van der Waals surface area contributed by atoms with E-state index < -0.39 is 48.8 Å². The first-order valence-electron chi connectivity index (χ1n) is 10.9. The average Bonchev–Trinajstić information content (AvgIpc) is 3.36. The van der Waals surface area contributed by atoms with Crippen molar-refractivity contribution in [1.82, 2.24) is 19.5 Å². The van der Waals surface area contributed by atoms with Crippen LogP contribution in [0.5, 0.6) is 0 Å². The van der Waals surface area contributed by atoms with Crippen molar-refractivity contribution in [1.29, 1.82) is 0 Å². The smallest absolute Gasteiger partial charge is 0.184 e. The summed E-state index contributed by atoms with van der Waals surface area (Å²) in [5, 5.41) is 11.4. The van der Waals surface area contributed by atoms with E-state index in [2.05, 4.69) is 15.0 Å².